The van der Waals surface area contributed by atoms with Crippen molar-refractivity contribution in [2.75, 3.05) is 26.7 Å². The lowest BCUT2D eigenvalue weighted by Crippen LogP contribution is -2.51. The van der Waals surface area contributed by atoms with Crippen molar-refractivity contribution in [1.29, 1.82) is 0 Å². The van der Waals surface area contributed by atoms with Gasteiger partial charge in [0.25, 0.3) is 8.32 Å². The smallest absolute Gasteiger partial charge is 0.258 e. The van der Waals surface area contributed by atoms with Crippen molar-refractivity contribution in [1.82, 2.24) is 4.90 Å². The molecule has 2 aromatic carbocycles. The van der Waals surface area contributed by atoms with Crippen LogP contribution in [0.3, 0.4) is 0 Å². The summed E-state index contributed by atoms with van der Waals surface area (Å²) in [6.07, 6.45) is 3.20. The molecule has 0 spiro atoms. The van der Waals surface area contributed by atoms with Crippen LogP contribution in [0.25, 0.3) is 0 Å². The summed E-state index contributed by atoms with van der Waals surface area (Å²) in [5.74, 6) is 2.18. The van der Waals surface area contributed by atoms with Gasteiger partial charge in [0.2, 0.25) is 0 Å². The van der Waals surface area contributed by atoms with Crippen LogP contribution in [0.4, 0.5) is 4.39 Å². The zero-order valence-corrected chi connectivity index (χ0v) is 23.2. The van der Waals surface area contributed by atoms with Crippen LogP contribution in [0.1, 0.15) is 71.4 Å². The predicted octanol–water partition coefficient (Wildman–Crippen LogP) is 7.81. The maximum absolute atomic E-state index is 13.2. The highest BCUT2D eigenvalue weighted by atomic mass is 28.4. The molecule has 5 heteroatoms. The van der Waals surface area contributed by atoms with Crippen LogP contribution >= 0.6 is 0 Å². The van der Waals surface area contributed by atoms with Gasteiger partial charge in [-0.3, -0.25) is 0 Å². The van der Waals surface area contributed by atoms with Gasteiger partial charge in [0.15, 0.2) is 5.75 Å². The number of hydrogen-bond acceptors (Lipinski definition) is 3. The molecule has 188 valence electrons. The lowest BCUT2D eigenvalue weighted by atomic mass is 9.88. The fourth-order valence-electron chi connectivity index (χ4n) is 6.06. The largest absolute Gasteiger partial charge is 0.540 e. The fourth-order valence-corrected chi connectivity index (χ4v) is 11.3. The third-order valence-corrected chi connectivity index (χ3v) is 13.8. The number of methoxy groups -OCH3 is 1. The molecule has 0 aromatic heterocycles. The Morgan fingerprint density at radius 2 is 1.50 bits per heavy atom. The Morgan fingerprint density at radius 3 is 2.03 bits per heavy atom. The molecule has 0 bridgehead atoms. The summed E-state index contributed by atoms with van der Waals surface area (Å²) in [6, 6.07) is 13.3. The van der Waals surface area contributed by atoms with E-state index in [1.54, 1.807) is 19.2 Å². The summed E-state index contributed by atoms with van der Waals surface area (Å²) in [5, 5.41) is 0. The van der Waals surface area contributed by atoms with Crippen molar-refractivity contribution in [2.24, 2.45) is 0 Å². The van der Waals surface area contributed by atoms with E-state index in [2.05, 4.69) is 64.6 Å². The van der Waals surface area contributed by atoms with E-state index in [0.717, 1.165) is 50.4 Å². The van der Waals surface area contributed by atoms with E-state index in [9.17, 15) is 4.39 Å². The lowest BCUT2D eigenvalue weighted by Gasteiger charge is -2.43. The van der Waals surface area contributed by atoms with Gasteiger partial charge in [-0.15, -0.1) is 0 Å². The van der Waals surface area contributed by atoms with Crippen molar-refractivity contribution < 1.29 is 13.6 Å². The average Bonchev–Trinajstić information content (AvgIpc) is 2.81. The van der Waals surface area contributed by atoms with E-state index in [-0.39, 0.29) is 5.82 Å². The second-order valence-electron chi connectivity index (χ2n) is 10.8. The zero-order valence-electron chi connectivity index (χ0n) is 22.2. The molecule has 0 N–H and O–H groups in total. The van der Waals surface area contributed by atoms with Gasteiger partial charge in [-0.2, -0.15) is 0 Å². The number of hydrogen-bond donors (Lipinski definition) is 0. The van der Waals surface area contributed by atoms with Crippen molar-refractivity contribution in [3.05, 3.63) is 59.4 Å². The van der Waals surface area contributed by atoms with Gasteiger partial charge in [0, 0.05) is 6.54 Å². The van der Waals surface area contributed by atoms with Crippen LogP contribution < -0.4 is 9.16 Å². The van der Waals surface area contributed by atoms with Gasteiger partial charge < -0.3 is 14.1 Å². The van der Waals surface area contributed by atoms with Crippen molar-refractivity contribution >= 4 is 8.32 Å². The first-order chi connectivity index (χ1) is 16.2. The Kier molecular flexibility index (Phi) is 9.22. The highest BCUT2D eigenvalue weighted by Gasteiger charge is 2.48. The summed E-state index contributed by atoms with van der Waals surface area (Å²) in [5.41, 5.74) is 4.05. The number of likely N-dealkylation sites (tertiary alicyclic amines) is 1. The van der Waals surface area contributed by atoms with Gasteiger partial charge in [-0.05, 0) is 84.2 Å². The monoisotopic (exact) mass is 485 g/mol. The summed E-state index contributed by atoms with van der Waals surface area (Å²) in [6.45, 7) is 17.2. The SMILES string of the molecule is COc1cccc(C2CCN(CCc3ccc(F)cc3)CC2)c1O[Si](C(C)C)(C(C)C)C(C)C. The van der Waals surface area contributed by atoms with Crippen molar-refractivity contribution in [3.63, 3.8) is 0 Å². The summed E-state index contributed by atoms with van der Waals surface area (Å²) >= 11 is 0. The number of ether oxygens (including phenoxy) is 1. The summed E-state index contributed by atoms with van der Waals surface area (Å²) < 4.78 is 26.2. The summed E-state index contributed by atoms with van der Waals surface area (Å²) in [4.78, 5) is 2.54. The second kappa shape index (κ2) is 11.7. The molecule has 0 unspecified atom stereocenters. The number of piperidine rings is 1. The van der Waals surface area contributed by atoms with E-state index >= 15 is 0 Å². The molecule has 1 saturated heterocycles. The van der Waals surface area contributed by atoms with E-state index < -0.39 is 8.32 Å². The Bertz CT molecular complexity index is 883. The van der Waals surface area contributed by atoms with E-state index in [1.165, 1.54) is 11.1 Å². The van der Waals surface area contributed by atoms with Crippen LogP contribution in [0.2, 0.25) is 16.6 Å². The maximum Gasteiger partial charge on any atom is 0.258 e. The van der Waals surface area contributed by atoms with E-state index in [0.29, 0.717) is 22.5 Å². The third-order valence-electron chi connectivity index (χ3n) is 7.87. The molecule has 0 radical (unpaired) electrons. The number of benzene rings is 2. The van der Waals surface area contributed by atoms with Crippen LogP contribution in [0, 0.1) is 5.82 Å². The molecule has 0 amide bonds. The highest BCUT2D eigenvalue weighted by Crippen LogP contribution is 2.48. The predicted molar refractivity (Wildman–Crippen MR) is 143 cm³/mol. The molecule has 1 heterocycles. The standard InChI is InChI=1S/C29H44FNO2Si/c1-21(2)34(22(3)4,23(5)6)33-29-27(9-8-10-28(29)32-7)25-16-19-31(20-17-25)18-15-24-11-13-26(30)14-12-24/h8-14,21-23,25H,15-20H2,1-7H3. The first-order valence-corrected chi connectivity index (χ1v) is 15.2. The number of halogens is 1. The summed E-state index contributed by atoms with van der Waals surface area (Å²) in [7, 11) is -0.339. The molecule has 1 aliphatic heterocycles. The third kappa shape index (κ3) is 5.85. The molecule has 2 aromatic rings. The zero-order chi connectivity index (χ0) is 24.9. The Morgan fingerprint density at radius 1 is 0.912 bits per heavy atom. The normalized spacial score (nSPS) is 16.0. The molecule has 3 rings (SSSR count). The van der Waals surface area contributed by atoms with Gasteiger partial charge >= 0.3 is 0 Å². The first-order valence-electron chi connectivity index (χ1n) is 13.0. The first kappa shape index (κ1) is 26.7. The number of para-hydroxylation sites is 1. The van der Waals surface area contributed by atoms with Gasteiger partial charge in [-0.25, -0.2) is 4.39 Å². The molecule has 1 aliphatic rings. The molecule has 3 nitrogen and oxygen atoms in total. The van der Waals surface area contributed by atoms with Crippen LogP contribution in [-0.2, 0) is 6.42 Å². The average molecular weight is 486 g/mol. The van der Waals surface area contributed by atoms with Crippen molar-refractivity contribution in [3.8, 4) is 11.5 Å². The van der Waals surface area contributed by atoms with Crippen LogP contribution in [-0.4, -0.2) is 40.0 Å². The quantitative estimate of drug-likeness (QED) is 0.320. The molecule has 0 saturated carbocycles. The molecule has 0 aliphatic carbocycles. The van der Waals surface area contributed by atoms with E-state index in [4.69, 9.17) is 9.16 Å². The van der Waals surface area contributed by atoms with Crippen LogP contribution in [0.15, 0.2) is 42.5 Å². The Hall–Kier alpha value is -1.85. The van der Waals surface area contributed by atoms with Gasteiger partial charge in [0.05, 0.1) is 7.11 Å². The molecule has 0 atom stereocenters. The van der Waals surface area contributed by atoms with Gasteiger partial charge in [0.1, 0.15) is 11.6 Å². The minimum atomic E-state index is -2.10. The number of nitrogens with zero attached hydrogens (tertiary/aromatic N) is 1. The van der Waals surface area contributed by atoms with E-state index in [1.807, 2.05) is 12.1 Å². The Labute approximate surface area is 207 Å². The molecule has 34 heavy (non-hydrogen) atoms. The topological polar surface area (TPSA) is 21.7 Å². The van der Waals surface area contributed by atoms with Crippen molar-refractivity contribution in [2.45, 2.75) is 83.3 Å². The minimum absolute atomic E-state index is 0.166. The Balaban J connectivity index is 1.76. The minimum Gasteiger partial charge on any atom is -0.540 e. The van der Waals surface area contributed by atoms with Crippen LogP contribution in [0.5, 0.6) is 11.5 Å². The second-order valence-corrected chi connectivity index (χ2v) is 16.2. The molecular formula is C29H44FNO2Si. The number of rotatable bonds is 10. The maximum atomic E-state index is 13.2. The fraction of sp³-hybridized carbons (Fsp3) is 0.586. The lowest BCUT2D eigenvalue weighted by molar-refractivity contribution is 0.213. The highest BCUT2D eigenvalue weighted by molar-refractivity contribution is 6.78. The molecular weight excluding hydrogens is 441 g/mol. The molecule has 1 fully saturated rings. The van der Waals surface area contributed by atoms with Gasteiger partial charge in [-0.1, -0.05) is 65.8 Å².